The van der Waals surface area contributed by atoms with Crippen molar-refractivity contribution in [1.82, 2.24) is 4.90 Å². The number of morpholine rings is 1. The Balaban J connectivity index is 1.80. The summed E-state index contributed by atoms with van der Waals surface area (Å²) in [6, 6.07) is 12.6. The van der Waals surface area contributed by atoms with Crippen molar-refractivity contribution in [3.63, 3.8) is 0 Å². The van der Waals surface area contributed by atoms with E-state index in [1.54, 1.807) is 18.2 Å². The molecule has 1 aliphatic carbocycles. The van der Waals surface area contributed by atoms with Crippen molar-refractivity contribution in [2.75, 3.05) is 26.3 Å². The molecule has 5 nitrogen and oxygen atoms in total. The number of benzene rings is 2. The van der Waals surface area contributed by atoms with Crippen LogP contribution in [0.5, 0.6) is 0 Å². The van der Waals surface area contributed by atoms with Gasteiger partial charge in [-0.3, -0.25) is 14.5 Å². The normalized spacial score (nSPS) is 16.2. The second-order valence-corrected chi connectivity index (χ2v) is 7.13. The van der Waals surface area contributed by atoms with E-state index in [2.05, 4.69) is 4.90 Å². The fraction of sp³-hybridized carbons (Fsp3) is 0.333. The first kappa shape index (κ1) is 16.9. The third-order valence-corrected chi connectivity index (χ3v) is 5.20. The molecule has 26 heavy (non-hydrogen) atoms. The lowest BCUT2D eigenvalue weighted by Crippen LogP contribution is -2.55. The fourth-order valence-electron chi connectivity index (χ4n) is 3.55. The Morgan fingerprint density at radius 3 is 2.58 bits per heavy atom. The first-order valence-electron chi connectivity index (χ1n) is 8.82. The van der Waals surface area contributed by atoms with Gasteiger partial charge in [-0.25, -0.2) is 0 Å². The van der Waals surface area contributed by atoms with E-state index in [9.17, 15) is 9.59 Å². The van der Waals surface area contributed by atoms with Gasteiger partial charge in [0.2, 0.25) is 0 Å². The molecule has 1 saturated heterocycles. The van der Waals surface area contributed by atoms with E-state index in [1.807, 2.05) is 38.1 Å². The molecule has 0 atom stereocenters. The number of nitrogens with zero attached hydrogens (tertiary/aromatic N) is 1. The lowest BCUT2D eigenvalue weighted by Gasteiger charge is -2.39. The molecule has 134 valence electrons. The number of ketones is 1. The summed E-state index contributed by atoms with van der Waals surface area (Å²) in [5, 5.41) is 0.842. The Bertz CT molecular complexity index is 998. The van der Waals surface area contributed by atoms with Gasteiger partial charge in [-0.05, 0) is 38.1 Å². The van der Waals surface area contributed by atoms with E-state index in [0.717, 1.165) is 5.39 Å². The van der Waals surface area contributed by atoms with Crippen LogP contribution in [0.15, 0.2) is 51.7 Å². The van der Waals surface area contributed by atoms with Crippen molar-refractivity contribution in [3.05, 3.63) is 58.3 Å². The molecule has 0 amide bonds. The van der Waals surface area contributed by atoms with Crippen molar-refractivity contribution in [2.45, 2.75) is 19.4 Å². The molecule has 0 bridgehead atoms. The van der Waals surface area contributed by atoms with E-state index in [-0.39, 0.29) is 16.8 Å². The maximum Gasteiger partial charge on any atom is 0.200 e. The lowest BCUT2D eigenvalue weighted by atomic mass is 9.89. The lowest BCUT2D eigenvalue weighted by molar-refractivity contribution is -0.00433. The highest BCUT2D eigenvalue weighted by molar-refractivity contribution is 6.03. The quantitative estimate of drug-likeness (QED) is 0.536. The number of para-hydroxylation sites is 1. The van der Waals surface area contributed by atoms with Gasteiger partial charge in [0.25, 0.3) is 0 Å². The van der Waals surface area contributed by atoms with E-state index >= 15 is 0 Å². The van der Waals surface area contributed by atoms with Crippen molar-refractivity contribution in [2.24, 2.45) is 0 Å². The minimum absolute atomic E-state index is 0.167. The van der Waals surface area contributed by atoms with Gasteiger partial charge in [0.1, 0.15) is 11.3 Å². The van der Waals surface area contributed by atoms with Crippen LogP contribution in [0.25, 0.3) is 22.3 Å². The third kappa shape index (κ3) is 2.73. The predicted molar refractivity (Wildman–Crippen MR) is 99.9 cm³/mol. The van der Waals surface area contributed by atoms with Crippen LogP contribution in [0.3, 0.4) is 0 Å². The zero-order valence-electron chi connectivity index (χ0n) is 15.0. The fourth-order valence-corrected chi connectivity index (χ4v) is 3.55. The van der Waals surface area contributed by atoms with Crippen LogP contribution in [0.4, 0.5) is 0 Å². The number of hydrogen-bond acceptors (Lipinski definition) is 5. The van der Waals surface area contributed by atoms with Crippen molar-refractivity contribution < 1.29 is 13.9 Å². The topological polar surface area (TPSA) is 59.8 Å². The maximum atomic E-state index is 13.2. The van der Waals surface area contributed by atoms with Gasteiger partial charge in [0.15, 0.2) is 11.2 Å². The van der Waals surface area contributed by atoms with Crippen LogP contribution < -0.4 is 5.43 Å². The highest BCUT2D eigenvalue weighted by Crippen LogP contribution is 2.27. The van der Waals surface area contributed by atoms with Crippen molar-refractivity contribution >= 4 is 16.8 Å². The van der Waals surface area contributed by atoms with Gasteiger partial charge in [-0.15, -0.1) is 0 Å². The van der Waals surface area contributed by atoms with Gasteiger partial charge in [-0.1, -0.05) is 18.2 Å². The largest absolute Gasteiger partial charge is 0.456 e. The molecule has 0 N–H and O–H groups in total. The van der Waals surface area contributed by atoms with Crippen LogP contribution in [0.2, 0.25) is 0 Å². The first-order chi connectivity index (χ1) is 12.5. The van der Waals surface area contributed by atoms with Gasteiger partial charge in [-0.2, -0.15) is 0 Å². The number of ether oxygens (including phenoxy) is 1. The zero-order chi connectivity index (χ0) is 18.3. The van der Waals surface area contributed by atoms with Crippen LogP contribution in [0, 0.1) is 0 Å². The molecule has 0 saturated carbocycles. The number of rotatable bonds is 3. The van der Waals surface area contributed by atoms with Crippen molar-refractivity contribution in [1.29, 1.82) is 0 Å². The molecule has 3 aliphatic rings. The smallest absolute Gasteiger partial charge is 0.200 e. The summed E-state index contributed by atoms with van der Waals surface area (Å²) in [5.74, 6) is 0.328. The number of hydrogen-bond donors (Lipinski definition) is 0. The molecule has 5 heteroatoms. The Hall–Kier alpha value is -2.50. The first-order valence-corrected chi connectivity index (χ1v) is 8.82. The summed E-state index contributed by atoms with van der Waals surface area (Å²) in [4.78, 5) is 28.3. The highest BCUT2D eigenvalue weighted by atomic mass is 16.5. The highest BCUT2D eigenvalue weighted by Gasteiger charge is 2.37. The molecule has 0 aromatic heterocycles. The average molecular weight is 351 g/mol. The number of carbonyl (C=O) groups excluding carboxylic acids is 1. The maximum absolute atomic E-state index is 13.2. The Morgan fingerprint density at radius 2 is 1.81 bits per heavy atom. The standard InChI is InChI=1S/C21H21NO4/c1-21(2,22-9-11-25-12-10-22)20(24)15-7-8-18-16(19(15)23)13-14-5-3-4-6-17(14)26-18/h3-8,13H,9-12H2,1-2H3. The Kier molecular flexibility index (Phi) is 4.13. The second kappa shape index (κ2) is 6.34. The SMILES string of the molecule is CC(C)(C(=O)c1ccc2oc3ccccc3cc-2c1=O)N1CCOCC1. The van der Waals surface area contributed by atoms with Crippen LogP contribution in [-0.2, 0) is 4.74 Å². The van der Waals surface area contributed by atoms with Gasteiger partial charge in [0, 0.05) is 18.5 Å². The van der Waals surface area contributed by atoms with E-state index in [1.165, 1.54) is 0 Å². The molecule has 0 unspecified atom stereocenters. The molecule has 1 aromatic carbocycles. The van der Waals surface area contributed by atoms with Gasteiger partial charge < -0.3 is 9.15 Å². The summed E-state index contributed by atoms with van der Waals surface area (Å²) in [5.41, 5.74) is 0.326. The third-order valence-electron chi connectivity index (χ3n) is 5.20. The summed E-state index contributed by atoms with van der Waals surface area (Å²) in [6.45, 7) is 6.30. The van der Waals surface area contributed by atoms with Crippen LogP contribution in [0.1, 0.15) is 24.2 Å². The van der Waals surface area contributed by atoms with E-state index in [0.29, 0.717) is 43.2 Å². The van der Waals surface area contributed by atoms with E-state index in [4.69, 9.17) is 9.15 Å². The van der Waals surface area contributed by atoms with Crippen LogP contribution in [-0.4, -0.2) is 42.5 Å². The molecular formula is C21H21NO4. The second-order valence-electron chi connectivity index (χ2n) is 7.13. The van der Waals surface area contributed by atoms with Gasteiger partial charge in [0.05, 0.1) is 29.9 Å². The van der Waals surface area contributed by atoms with Crippen molar-refractivity contribution in [3.8, 4) is 11.3 Å². The average Bonchev–Trinajstić information content (AvgIpc) is 2.67. The molecule has 2 heterocycles. The molecule has 4 rings (SSSR count). The Morgan fingerprint density at radius 1 is 1.08 bits per heavy atom. The number of Topliss-reactive ketones (excluding diaryl/α,β-unsaturated/α-hetero) is 1. The summed E-state index contributed by atoms with van der Waals surface area (Å²) < 4.78 is 11.2. The molecular weight excluding hydrogens is 330 g/mol. The molecule has 1 fully saturated rings. The molecule has 1 aromatic rings. The molecule has 2 aliphatic heterocycles. The predicted octanol–water partition coefficient (Wildman–Crippen LogP) is 3.19. The Labute approximate surface area is 151 Å². The summed E-state index contributed by atoms with van der Waals surface area (Å²) in [6.07, 6.45) is 0. The van der Waals surface area contributed by atoms with Crippen LogP contribution >= 0.6 is 0 Å². The van der Waals surface area contributed by atoms with Gasteiger partial charge >= 0.3 is 0 Å². The molecule has 0 radical (unpaired) electrons. The monoisotopic (exact) mass is 351 g/mol. The van der Waals surface area contributed by atoms with E-state index < -0.39 is 5.54 Å². The minimum atomic E-state index is -0.759. The summed E-state index contributed by atoms with van der Waals surface area (Å²) in [7, 11) is 0. The summed E-state index contributed by atoms with van der Waals surface area (Å²) >= 11 is 0. The molecule has 0 spiro atoms. The zero-order valence-corrected chi connectivity index (χ0v) is 15.0. The minimum Gasteiger partial charge on any atom is -0.456 e. The number of carbonyl (C=O) groups is 1. The number of fused-ring (bicyclic) bond motifs is 2.